The van der Waals surface area contributed by atoms with Crippen LogP contribution in [0.3, 0.4) is 0 Å². The zero-order chi connectivity index (χ0) is 23.4. The van der Waals surface area contributed by atoms with Crippen molar-refractivity contribution in [2.75, 3.05) is 25.5 Å². The standard InChI is InChI=1S/C24H31N5O4/c1-14-23(15(2)33-29-14)21-11-22(26-17-7-8-18(30)10-17)28-24(27-21)16-5-4-6-20(9-16)32-13-19(31)12-25-3/h4-6,9,11,17-19,25,30-31H,7-8,10,12-13H2,1-3H3,(H,26,27,28)/t17-,18-,19?/m1/s1. The molecule has 3 aromatic rings. The lowest BCUT2D eigenvalue weighted by Gasteiger charge is -2.16. The zero-order valence-electron chi connectivity index (χ0n) is 19.2. The summed E-state index contributed by atoms with van der Waals surface area (Å²) in [5.74, 6) is 2.54. The fourth-order valence-corrected chi connectivity index (χ4v) is 4.14. The summed E-state index contributed by atoms with van der Waals surface area (Å²) >= 11 is 0. The van der Waals surface area contributed by atoms with Gasteiger partial charge in [-0.2, -0.15) is 0 Å². The zero-order valence-corrected chi connectivity index (χ0v) is 19.2. The highest BCUT2D eigenvalue weighted by Crippen LogP contribution is 2.31. The number of aromatic nitrogens is 3. The number of nitrogens with one attached hydrogen (secondary N) is 2. The molecule has 2 heterocycles. The molecular formula is C24H31N5O4. The Hall–Kier alpha value is -3.01. The van der Waals surface area contributed by atoms with Gasteiger partial charge >= 0.3 is 0 Å². The molecule has 1 aliphatic carbocycles. The molecule has 9 nitrogen and oxygen atoms in total. The molecule has 2 aromatic heterocycles. The lowest BCUT2D eigenvalue weighted by Crippen LogP contribution is -2.29. The SMILES string of the molecule is CNCC(O)COc1cccc(-c2nc(N[C@@H]3CC[C@@H](O)C3)cc(-c3c(C)noc3C)n2)c1. The fraction of sp³-hybridized carbons (Fsp3) is 0.458. The predicted molar refractivity (Wildman–Crippen MR) is 125 cm³/mol. The van der Waals surface area contributed by atoms with Crippen LogP contribution in [0.15, 0.2) is 34.9 Å². The lowest BCUT2D eigenvalue weighted by molar-refractivity contribution is 0.108. The number of benzene rings is 1. The van der Waals surface area contributed by atoms with Crippen LogP contribution in [0.25, 0.3) is 22.6 Å². The van der Waals surface area contributed by atoms with Crippen molar-refractivity contribution in [1.29, 1.82) is 0 Å². The maximum atomic E-state index is 9.93. The van der Waals surface area contributed by atoms with Gasteiger partial charge in [0.25, 0.3) is 0 Å². The molecule has 4 N–H and O–H groups in total. The number of aliphatic hydroxyl groups excluding tert-OH is 2. The van der Waals surface area contributed by atoms with Crippen LogP contribution in [0.4, 0.5) is 5.82 Å². The van der Waals surface area contributed by atoms with Crippen LogP contribution >= 0.6 is 0 Å². The summed E-state index contributed by atoms with van der Waals surface area (Å²) < 4.78 is 11.1. The molecular weight excluding hydrogens is 422 g/mol. The smallest absolute Gasteiger partial charge is 0.162 e. The summed E-state index contributed by atoms with van der Waals surface area (Å²) in [5, 5.41) is 30.3. The number of rotatable bonds is 9. The van der Waals surface area contributed by atoms with E-state index in [0.717, 1.165) is 29.7 Å². The van der Waals surface area contributed by atoms with E-state index in [4.69, 9.17) is 19.2 Å². The summed E-state index contributed by atoms with van der Waals surface area (Å²) in [4.78, 5) is 9.57. The second-order valence-electron chi connectivity index (χ2n) is 8.52. The van der Waals surface area contributed by atoms with E-state index in [9.17, 15) is 10.2 Å². The summed E-state index contributed by atoms with van der Waals surface area (Å²) in [6.07, 6.45) is 1.48. The van der Waals surface area contributed by atoms with E-state index >= 15 is 0 Å². The topological polar surface area (TPSA) is 126 Å². The molecule has 0 bridgehead atoms. The molecule has 1 aromatic carbocycles. The lowest BCUT2D eigenvalue weighted by atomic mass is 10.1. The molecule has 0 radical (unpaired) electrons. The van der Waals surface area contributed by atoms with E-state index in [0.29, 0.717) is 41.8 Å². The van der Waals surface area contributed by atoms with Crippen molar-refractivity contribution < 1.29 is 19.5 Å². The average Bonchev–Trinajstić information content (AvgIpc) is 3.36. The van der Waals surface area contributed by atoms with E-state index in [1.54, 1.807) is 7.05 Å². The Bertz CT molecular complexity index is 1070. The normalized spacial score (nSPS) is 18.9. The van der Waals surface area contributed by atoms with E-state index < -0.39 is 6.10 Å². The van der Waals surface area contributed by atoms with Crippen molar-refractivity contribution >= 4 is 5.82 Å². The summed E-state index contributed by atoms with van der Waals surface area (Å²) in [7, 11) is 1.78. The van der Waals surface area contributed by atoms with E-state index in [1.165, 1.54) is 0 Å². The molecule has 9 heteroatoms. The van der Waals surface area contributed by atoms with Crippen molar-refractivity contribution in [3.8, 4) is 28.4 Å². The van der Waals surface area contributed by atoms with Gasteiger partial charge in [-0.15, -0.1) is 0 Å². The van der Waals surface area contributed by atoms with Gasteiger partial charge in [0.05, 0.1) is 23.1 Å². The largest absolute Gasteiger partial charge is 0.491 e. The third-order valence-corrected chi connectivity index (χ3v) is 5.75. The van der Waals surface area contributed by atoms with Gasteiger partial charge in [0.15, 0.2) is 5.82 Å². The molecule has 33 heavy (non-hydrogen) atoms. The molecule has 0 amide bonds. The van der Waals surface area contributed by atoms with E-state index in [1.807, 2.05) is 44.2 Å². The number of likely N-dealkylation sites (N-methyl/N-ethyl adjacent to an activating group) is 1. The maximum absolute atomic E-state index is 9.93. The van der Waals surface area contributed by atoms with Gasteiger partial charge < -0.3 is 30.1 Å². The van der Waals surface area contributed by atoms with Crippen molar-refractivity contribution in [1.82, 2.24) is 20.4 Å². The molecule has 176 valence electrons. The van der Waals surface area contributed by atoms with Crippen LogP contribution in [0, 0.1) is 13.8 Å². The minimum Gasteiger partial charge on any atom is -0.491 e. The first kappa shape index (κ1) is 23.2. The number of aryl methyl sites for hydroxylation is 2. The minimum atomic E-state index is -0.602. The Labute approximate surface area is 193 Å². The Morgan fingerprint density at radius 3 is 2.76 bits per heavy atom. The molecule has 1 aliphatic rings. The van der Waals surface area contributed by atoms with Gasteiger partial charge in [0.2, 0.25) is 0 Å². The van der Waals surface area contributed by atoms with Crippen LogP contribution < -0.4 is 15.4 Å². The maximum Gasteiger partial charge on any atom is 0.162 e. The highest BCUT2D eigenvalue weighted by Gasteiger charge is 2.24. The fourth-order valence-electron chi connectivity index (χ4n) is 4.14. The average molecular weight is 454 g/mol. The van der Waals surface area contributed by atoms with Crippen LogP contribution in [-0.2, 0) is 0 Å². The number of nitrogens with zero attached hydrogens (tertiary/aromatic N) is 3. The van der Waals surface area contributed by atoms with Crippen molar-refractivity contribution in [3.05, 3.63) is 41.8 Å². The third kappa shape index (κ3) is 5.68. The monoisotopic (exact) mass is 453 g/mol. The van der Waals surface area contributed by atoms with Crippen LogP contribution in [0.1, 0.15) is 30.7 Å². The summed E-state index contributed by atoms with van der Waals surface area (Å²) in [6, 6.07) is 9.56. The number of hydrogen-bond acceptors (Lipinski definition) is 9. The minimum absolute atomic E-state index is 0.156. The first-order valence-corrected chi connectivity index (χ1v) is 11.3. The van der Waals surface area contributed by atoms with Gasteiger partial charge in [-0.05, 0) is 52.3 Å². The number of ether oxygens (including phenoxy) is 1. The summed E-state index contributed by atoms with van der Waals surface area (Å²) in [6.45, 7) is 4.38. The van der Waals surface area contributed by atoms with Gasteiger partial charge in [-0.1, -0.05) is 17.3 Å². The summed E-state index contributed by atoms with van der Waals surface area (Å²) in [5.41, 5.74) is 3.11. The molecule has 1 unspecified atom stereocenters. The number of aliphatic hydroxyl groups is 2. The number of hydrogen-bond donors (Lipinski definition) is 4. The highest BCUT2D eigenvalue weighted by molar-refractivity contribution is 5.70. The first-order chi connectivity index (χ1) is 15.9. The second kappa shape index (κ2) is 10.3. The molecule has 0 spiro atoms. The third-order valence-electron chi connectivity index (χ3n) is 5.75. The molecule has 0 aliphatic heterocycles. The molecule has 4 rings (SSSR count). The Balaban J connectivity index is 1.66. The van der Waals surface area contributed by atoms with Gasteiger partial charge in [0.1, 0.15) is 30.0 Å². The van der Waals surface area contributed by atoms with Gasteiger partial charge in [-0.25, -0.2) is 9.97 Å². The van der Waals surface area contributed by atoms with Gasteiger partial charge in [-0.3, -0.25) is 0 Å². The van der Waals surface area contributed by atoms with Crippen molar-refractivity contribution in [2.45, 2.75) is 51.4 Å². The van der Waals surface area contributed by atoms with Gasteiger partial charge in [0, 0.05) is 24.2 Å². The highest BCUT2D eigenvalue weighted by atomic mass is 16.5. The number of anilines is 1. The quantitative estimate of drug-likeness (QED) is 0.387. The second-order valence-corrected chi connectivity index (χ2v) is 8.52. The Morgan fingerprint density at radius 1 is 1.21 bits per heavy atom. The predicted octanol–water partition coefficient (Wildman–Crippen LogP) is 2.70. The van der Waals surface area contributed by atoms with Crippen LogP contribution in [-0.4, -0.2) is 63.8 Å². The molecule has 3 atom stereocenters. The van der Waals surface area contributed by atoms with Crippen LogP contribution in [0.5, 0.6) is 5.75 Å². The first-order valence-electron chi connectivity index (χ1n) is 11.3. The molecule has 1 fully saturated rings. The van der Waals surface area contributed by atoms with E-state index in [2.05, 4.69) is 15.8 Å². The Kier molecular flexibility index (Phi) is 7.22. The van der Waals surface area contributed by atoms with Crippen LogP contribution in [0.2, 0.25) is 0 Å². The van der Waals surface area contributed by atoms with Crippen molar-refractivity contribution in [2.24, 2.45) is 0 Å². The van der Waals surface area contributed by atoms with E-state index in [-0.39, 0.29) is 18.8 Å². The molecule has 0 saturated heterocycles. The molecule has 1 saturated carbocycles. The Morgan fingerprint density at radius 2 is 2.06 bits per heavy atom. The van der Waals surface area contributed by atoms with Crippen molar-refractivity contribution in [3.63, 3.8) is 0 Å².